The van der Waals surface area contributed by atoms with Crippen molar-refractivity contribution in [1.82, 2.24) is 10.2 Å². The van der Waals surface area contributed by atoms with Crippen molar-refractivity contribution in [1.29, 1.82) is 0 Å². The molecule has 5 rings (SSSR count). The lowest BCUT2D eigenvalue weighted by molar-refractivity contribution is -0.113. The van der Waals surface area contributed by atoms with Crippen LogP contribution in [-0.4, -0.2) is 49.7 Å². The molecule has 1 fully saturated rings. The maximum atomic E-state index is 12.9. The van der Waals surface area contributed by atoms with Gasteiger partial charge in [0.15, 0.2) is 5.78 Å². The Morgan fingerprint density at radius 3 is 2.81 bits per heavy atom. The molecule has 164 valence electrons. The number of hydrogen-bond acceptors (Lipinski definition) is 6. The molecule has 1 aromatic rings. The van der Waals surface area contributed by atoms with Crippen LogP contribution in [0.2, 0.25) is 0 Å². The van der Waals surface area contributed by atoms with E-state index in [4.69, 9.17) is 14.1 Å². The number of piperazine rings is 1. The Hall–Kier alpha value is -3.06. The summed E-state index contributed by atoms with van der Waals surface area (Å²) in [5.41, 5.74) is 5.71. The lowest BCUT2D eigenvalue weighted by Crippen LogP contribution is -2.47. The molecule has 0 radical (unpaired) electrons. The molecule has 32 heavy (non-hydrogen) atoms. The summed E-state index contributed by atoms with van der Waals surface area (Å²) in [6.07, 6.45) is 3.69. The number of rotatable bonds is 6. The van der Waals surface area contributed by atoms with Crippen LogP contribution < -0.4 is 5.32 Å². The molecule has 0 saturated carbocycles. The molecule has 1 saturated heterocycles. The van der Waals surface area contributed by atoms with E-state index in [1.165, 1.54) is 0 Å². The van der Waals surface area contributed by atoms with Crippen molar-refractivity contribution in [2.24, 2.45) is 4.99 Å². The summed E-state index contributed by atoms with van der Waals surface area (Å²) in [4.78, 5) is 20.3. The van der Waals surface area contributed by atoms with Gasteiger partial charge in [0.2, 0.25) is 0 Å². The Kier molecular flexibility index (Phi) is 5.99. The van der Waals surface area contributed by atoms with Gasteiger partial charge in [-0.05, 0) is 23.8 Å². The van der Waals surface area contributed by atoms with Crippen molar-refractivity contribution in [2.75, 3.05) is 33.3 Å². The summed E-state index contributed by atoms with van der Waals surface area (Å²) < 4.78 is 11.2. The predicted molar refractivity (Wildman–Crippen MR) is 125 cm³/mol. The van der Waals surface area contributed by atoms with Crippen molar-refractivity contribution in [3.05, 3.63) is 77.6 Å². The fraction of sp³-hybridized carbons (Fsp3) is 0.308. The highest BCUT2D eigenvalue weighted by molar-refractivity contribution is 6.16. The Bertz CT molecular complexity index is 1140. The van der Waals surface area contributed by atoms with Gasteiger partial charge in [-0.2, -0.15) is 0 Å². The molecular formula is C26H27N3O3. The van der Waals surface area contributed by atoms with E-state index < -0.39 is 0 Å². The number of benzene rings is 1. The van der Waals surface area contributed by atoms with Crippen LogP contribution in [0.4, 0.5) is 0 Å². The molecule has 1 unspecified atom stereocenters. The number of allylic oxidation sites excluding steroid dienone is 1. The number of hydrogen-bond donors (Lipinski definition) is 1. The first kappa shape index (κ1) is 20.8. The second-order valence-corrected chi connectivity index (χ2v) is 8.28. The molecule has 1 aliphatic carbocycles. The van der Waals surface area contributed by atoms with E-state index in [0.29, 0.717) is 18.7 Å². The number of methoxy groups -OCH3 is 1. The van der Waals surface area contributed by atoms with E-state index in [-0.39, 0.29) is 11.8 Å². The third-order valence-electron chi connectivity index (χ3n) is 6.08. The summed E-state index contributed by atoms with van der Waals surface area (Å²) >= 11 is 0. The molecule has 1 aromatic carbocycles. The van der Waals surface area contributed by atoms with Gasteiger partial charge in [0.1, 0.15) is 5.76 Å². The number of fused-ring (bicyclic) bond motifs is 1. The molecule has 6 heteroatoms. The zero-order valence-electron chi connectivity index (χ0n) is 18.2. The number of ether oxygens (including phenoxy) is 1. The molecule has 3 aliphatic heterocycles. The molecule has 1 N–H and O–H groups in total. The standard InChI is InChI=1S/C26H27N3O3/c1-31-17-18-4-2-5-20(14-18)23-15-21(30)16-24(28-23)25(29-11-9-27-10-12-29)22-8-7-19-6-3-13-32-26(19)22/h2-8,13-15,25,27H,9-12,16-17H2,1H3. The fourth-order valence-corrected chi connectivity index (χ4v) is 4.66. The van der Waals surface area contributed by atoms with Gasteiger partial charge < -0.3 is 14.5 Å². The molecule has 0 bridgehead atoms. The quantitative estimate of drug-likeness (QED) is 0.643. The molecular weight excluding hydrogens is 402 g/mol. The first-order valence-electron chi connectivity index (χ1n) is 11.0. The van der Waals surface area contributed by atoms with Crippen LogP contribution in [-0.2, 0) is 16.1 Å². The van der Waals surface area contributed by atoms with Crippen LogP contribution in [0.15, 0.2) is 70.3 Å². The first-order chi connectivity index (χ1) is 15.7. The zero-order valence-corrected chi connectivity index (χ0v) is 18.2. The van der Waals surface area contributed by atoms with Crippen LogP contribution >= 0.6 is 0 Å². The van der Waals surface area contributed by atoms with Crippen LogP contribution in [0.3, 0.4) is 0 Å². The van der Waals surface area contributed by atoms with E-state index in [0.717, 1.165) is 59.9 Å². The van der Waals surface area contributed by atoms with Crippen LogP contribution in [0.25, 0.3) is 17.0 Å². The van der Waals surface area contributed by atoms with Gasteiger partial charge in [0.05, 0.1) is 31.0 Å². The highest BCUT2D eigenvalue weighted by Gasteiger charge is 2.33. The van der Waals surface area contributed by atoms with Gasteiger partial charge in [-0.25, -0.2) is 0 Å². The van der Waals surface area contributed by atoms with E-state index >= 15 is 0 Å². The monoisotopic (exact) mass is 429 g/mol. The Morgan fingerprint density at radius 1 is 1.12 bits per heavy atom. The Balaban J connectivity index is 1.57. The minimum Gasteiger partial charge on any atom is -0.464 e. The van der Waals surface area contributed by atoms with E-state index in [2.05, 4.69) is 28.4 Å². The second kappa shape index (κ2) is 9.20. The number of ketones is 1. The summed E-state index contributed by atoms with van der Waals surface area (Å²) in [5.74, 6) is 0.944. The minimum atomic E-state index is -0.101. The van der Waals surface area contributed by atoms with Gasteiger partial charge >= 0.3 is 0 Å². The van der Waals surface area contributed by atoms with Crippen molar-refractivity contribution < 1.29 is 13.9 Å². The number of aliphatic imine (C=N–C) groups is 1. The normalized spacial score (nSPS) is 18.5. The van der Waals surface area contributed by atoms with Crippen molar-refractivity contribution in [3.63, 3.8) is 0 Å². The van der Waals surface area contributed by atoms with E-state index in [1.807, 2.05) is 30.3 Å². The largest absolute Gasteiger partial charge is 0.464 e. The van der Waals surface area contributed by atoms with Crippen LogP contribution in [0.1, 0.15) is 29.2 Å². The van der Waals surface area contributed by atoms with Crippen LogP contribution in [0.5, 0.6) is 0 Å². The van der Waals surface area contributed by atoms with E-state index in [9.17, 15) is 4.79 Å². The van der Waals surface area contributed by atoms with Gasteiger partial charge in [-0.3, -0.25) is 14.7 Å². The molecule has 1 atom stereocenters. The van der Waals surface area contributed by atoms with Crippen molar-refractivity contribution in [3.8, 4) is 11.3 Å². The van der Waals surface area contributed by atoms with Gasteiger partial charge in [-0.1, -0.05) is 30.3 Å². The molecule has 6 nitrogen and oxygen atoms in total. The number of carbonyl (C=O) groups excluding carboxylic acids is 1. The zero-order chi connectivity index (χ0) is 21.9. The lowest BCUT2D eigenvalue weighted by Gasteiger charge is -2.36. The SMILES string of the molecule is COCc1cccc(C2=CC(=O)CC(C(c3ccc4cccoc3-4)N3CCNCC3)=N2)c1. The highest BCUT2D eigenvalue weighted by atomic mass is 16.5. The number of nitrogens with one attached hydrogen (secondary N) is 1. The Labute approximate surface area is 187 Å². The summed E-state index contributed by atoms with van der Waals surface area (Å²) in [6.45, 7) is 4.13. The molecule has 0 spiro atoms. The fourth-order valence-electron chi connectivity index (χ4n) is 4.66. The van der Waals surface area contributed by atoms with Gasteiger partial charge in [-0.15, -0.1) is 0 Å². The third kappa shape index (κ3) is 4.17. The maximum Gasteiger partial charge on any atom is 0.163 e. The average Bonchev–Trinajstić information content (AvgIpc) is 3.24. The molecule has 0 aromatic heterocycles. The van der Waals surface area contributed by atoms with Gasteiger partial charge in [0.25, 0.3) is 0 Å². The third-order valence-corrected chi connectivity index (χ3v) is 6.08. The predicted octanol–water partition coefficient (Wildman–Crippen LogP) is 3.93. The minimum absolute atomic E-state index is 0.0788. The summed E-state index contributed by atoms with van der Waals surface area (Å²) in [6, 6.07) is 16.1. The molecule has 4 aliphatic rings. The van der Waals surface area contributed by atoms with Crippen molar-refractivity contribution in [2.45, 2.75) is 19.1 Å². The van der Waals surface area contributed by atoms with Gasteiger partial charge in [0, 0.05) is 61.8 Å². The Morgan fingerprint density at radius 2 is 1.97 bits per heavy atom. The topological polar surface area (TPSA) is 67.1 Å². The smallest absolute Gasteiger partial charge is 0.163 e. The van der Waals surface area contributed by atoms with E-state index in [1.54, 1.807) is 19.4 Å². The summed E-state index contributed by atoms with van der Waals surface area (Å²) in [7, 11) is 1.68. The summed E-state index contributed by atoms with van der Waals surface area (Å²) in [5, 5.41) is 3.42. The highest BCUT2D eigenvalue weighted by Crippen LogP contribution is 2.38. The molecule has 3 heterocycles. The second-order valence-electron chi connectivity index (χ2n) is 8.28. The van der Waals surface area contributed by atoms with Crippen molar-refractivity contribution >= 4 is 17.2 Å². The first-order valence-corrected chi connectivity index (χ1v) is 11.0. The lowest BCUT2D eigenvalue weighted by atomic mass is 9.93. The maximum absolute atomic E-state index is 12.9. The average molecular weight is 430 g/mol. The van der Waals surface area contributed by atoms with Crippen LogP contribution in [0, 0.1) is 0 Å². The molecule has 0 amide bonds. The number of carbonyl (C=O) groups is 1. The number of nitrogens with zero attached hydrogens (tertiary/aromatic N) is 2.